The normalized spacial score (nSPS) is 10.6. The lowest BCUT2D eigenvalue weighted by molar-refractivity contribution is -0.139. The SMILES string of the molecule is CCOC(=O)CSc1ccc(OCC(CC)CC)cc1. The summed E-state index contributed by atoms with van der Waals surface area (Å²) >= 11 is 1.48. The fourth-order valence-corrected chi connectivity index (χ4v) is 2.41. The first-order chi connectivity index (χ1) is 9.69. The molecule has 1 rings (SSSR count). The standard InChI is InChI=1S/C16H24O3S/c1-4-13(5-2)11-19-14-7-9-15(10-8-14)20-12-16(17)18-6-3/h7-10,13H,4-6,11-12H2,1-3H3. The molecule has 0 spiro atoms. The summed E-state index contributed by atoms with van der Waals surface area (Å²) in [4.78, 5) is 12.3. The van der Waals surface area contributed by atoms with Crippen molar-refractivity contribution in [3.63, 3.8) is 0 Å². The van der Waals surface area contributed by atoms with Crippen LogP contribution in [0.5, 0.6) is 5.75 Å². The molecular weight excluding hydrogens is 272 g/mol. The van der Waals surface area contributed by atoms with E-state index in [0.717, 1.165) is 30.1 Å². The highest BCUT2D eigenvalue weighted by atomic mass is 32.2. The van der Waals surface area contributed by atoms with Gasteiger partial charge in [-0.2, -0.15) is 0 Å². The zero-order valence-electron chi connectivity index (χ0n) is 12.6. The minimum Gasteiger partial charge on any atom is -0.493 e. The molecular formula is C16H24O3S. The van der Waals surface area contributed by atoms with Gasteiger partial charge in [-0.1, -0.05) is 26.7 Å². The number of hydrogen-bond acceptors (Lipinski definition) is 4. The summed E-state index contributed by atoms with van der Waals surface area (Å²) in [5.74, 6) is 1.68. The average Bonchev–Trinajstić information content (AvgIpc) is 2.48. The quantitative estimate of drug-likeness (QED) is 0.506. The van der Waals surface area contributed by atoms with E-state index in [2.05, 4.69) is 13.8 Å². The van der Waals surface area contributed by atoms with E-state index in [4.69, 9.17) is 9.47 Å². The third kappa shape index (κ3) is 6.33. The second kappa shape index (κ2) is 9.70. The molecule has 1 aromatic rings. The zero-order valence-corrected chi connectivity index (χ0v) is 13.4. The van der Waals surface area contributed by atoms with Crippen molar-refractivity contribution in [1.29, 1.82) is 0 Å². The average molecular weight is 296 g/mol. The summed E-state index contributed by atoms with van der Waals surface area (Å²) in [5, 5.41) is 0. The third-order valence-corrected chi connectivity index (χ3v) is 4.11. The Morgan fingerprint density at radius 2 is 1.80 bits per heavy atom. The molecule has 112 valence electrons. The van der Waals surface area contributed by atoms with Crippen LogP contribution in [0.25, 0.3) is 0 Å². The van der Waals surface area contributed by atoms with E-state index >= 15 is 0 Å². The molecule has 0 amide bonds. The minimum atomic E-state index is -0.174. The highest BCUT2D eigenvalue weighted by Crippen LogP contribution is 2.22. The van der Waals surface area contributed by atoms with Crippen LogP contribution >= 0.6 is 11.8 Å². The first-order valence-corrected chi connectivity index (χ1v) is 8.19. The second-order valence-corrected chi connectivity index (χ2v) is 5.61. The Kier molecular flexibility index (Phi) is 8.19. The van der Waals surface area contributed by atoms with Crippen molar-refractivity contribution in [2.75, 3.05) is 19.0 Å². The molecule has 0 atom stereocenters. The molecule has 0 N–H and O–H groups in total. The molecule has 0 unspecified atom stereocenters. The molecule has 0 saturated carbocycles. The van der Waals surface area contributed by atoms with Crippen LogP contribution in [0.2, 0.25) is 0 Å². The summed E-state index contributed by atoms with van der Waals surface area (Å²) in [6.45, 7) is 7.39. The molecule has 0 aliphatic carbocycles. The smallest absolute Gasteiger partial charge is 0.316 e. The highest BCUT2D eigenvalue weighted by Gasteiger charge is 2.06. The Balaban J connectivity index is 2.38. The number of carbonyl (C=O) groups excluding carboxylic acids is 1. The van der Waals surface area contributed by atoms with Crippen LogP contribution < -0.4 is 4.74 Å². The van der Waals surface area contributed by atoms with Crippen LogP contribution in [0.15, 0.2) is 29.2 Å². The Hall–Kier alpha value is -1.16. The number of rotatable bonds is 9. The maximum atomic E-state index is 11.3. The van der Waals surface area contributed by atoms with Gasteiger partial charge >= 0.3 is 5.97 Å². The Bertz CT molecular complexity index is 385. The van der Waals surface area contributed by atoms with Gasteiger partial charge in [0.05, 0.1) is 19.0 Å². The van der Waals surface area contributed by atoms with Crippen molar-refractivity contribution >= 4 is 17.7 Å². The first kappa shape index (κ1) is 16.9. The van der Waals surface area contributed by atoms with Gasteiger partial charge in [0.25, 0.3) is 0 Å². The van der Waals surface area contributed by atoms with Gasteiger partial charge in [0.2, 0.25) is 0 Å². The maximum absolute atomic E-state index is 11.3. The fraction of sp³-hybridized carbons (Fsp3) is 0.562. The van der Waals surface area contributed by atoms with E-state index in [9.17, 15) is 4.79 Å². The van der Waals surface area contributed by atoms with E-state index in [1.165, 1.54) is 11.8 Å². The maximum Gasteiger partial charge on any atom is 0.316 e. The van der Waals surface area contributed by atoms with Crippen molar-refractivity contribution < 1.29 is 14.3 Å². The molecule has 0 heterocycles. The van der Waals surface area contributed by atoms with Gasteiger partial charge in [-0.3, -0.25) is 4.79 Å². The van der Waals surface area contributed by atoms with Crippen molar-refractivity contribution in [2.45, 2.75) is 38.5 Å². The first-order valence-electron chi connectivity index (χ1n) is 7.20. The molecule has 0 aliphatic heterocycles. The van der Waals surface area contributed by atoms with E-state index in [-0.39, 0.29) is 5.97 Å². The van der Waals surface area contributed by atoms with Crippen LogP contribution in [-0.4, -0.2) is 24.9 Å². The molecule has 0 aromatic heterocycles. The lowest BCUT2D eigenvalue weighted by Crippen LogP contribution is -2.09. The molecule has 0 aliphatic rings. The number of thioether (sulfide) groups is 1. The predicted molar refractivity (Wildman–Crippen MR) is 83.4 cm³/mol. The molecule has 0 saturated heterocycles. The molecule has 0 radical (unpaired) electrons. The minimum absolute atomic E-state index is 0.174. The molecule has 3 nitrogen and oxygen atoms in total. The highest BCUT2D eigenvalue weighted by molar-refractivity contribution is 8.00. The van der Waals surface area contributed by atoms with Crippen LogP contribution in [-0.2, 0) is 9.53 Å². The molecule has 20 heavy (non-hydrogen) atoms. The number of benzene rings is 1. The van der Waals surface area contributed by atoms with Crippen LogP contribution in [0, 0.1) is 5.92 Å². The summed E-state index contributed by atoms with van der Waals surface area (Å²) in [6, 6.07) is 7.87. The van der Waals surface area contributed by atoms with Gasteiger partial charge in [-0.25, -0.2) is 0 Å². The predicted octanol–water partition coefficient (Wildman–Crippen LogP) is 4.16. The van der Waals surface area contributed by atoms with Crippen molar-refractivity contribution in [3.8, 4) is 5.75 Å². The monoisotopic (exact) mass is 296 g/mol. The van der Waals surface area contributed by atoms with Gasteiger partial charge in [-0.15, -0.1) is 11.8 Å². The Labute approximate surface area is 126 Å². The number of ether oxygens (including phenoxy) is 2. The van der Waals surface area contributed by atoms with E-state index < -0.39 is 0 Å². The number of esters is 1. The van der Waals surface area contributed by atoms with E-state index in [0.29, 0.717) is 18.3 Å². The molecule has 4 heteroatoms. The Morgan fingerprint density at radius 3 is 2.35 bits per heavy atom. The second-order valence-electron chi connectivity index (χ2n) is 4.56. The summed E-state index contributed by atoms with van der Waals surface area (Å²) in [6.07, 6.45) is 2.29. The molecule has 1 aromatic carbocycles. The number of hydrogen-bond donors (Lipinski definition) is 0. The van der Waals surface area contributed by atoms with Gasteiger partial charge < -0.3 is 9.47 Å². The van der Waals surface area contributed by atoms with Crippen molar-refractivity contribution in [2.24, 2.45) is 5.92 Å². The fourth-order valence-electron chi connectivity index (χ4n) is 1.72. The largest absolute Gasteiger partial charge is 0.493 e. The van der Waals surface area contributed by atoms with Gasteiger partial charge in [0, 0.05) is 4.90 Å². The third-order valence-electron chi connectivity index (χ3n) is 3.13. The van der Waals surface area contributed by atoms with Crippen LogP contribution in [0.1, 0.15) is 33.6 Å². The topological polar surface area (TPSA) is 35.5 Å². The summed E-state index contributed by atoms with van der Waals surface area (Å²) < 4.78 is 10.7. The van der Waals surface area contributed by atoms with Crippen molar-refractivity contribution in [1.82, 2.24) is 0 Å². The molecule has 0 bridgehead atoms. The summed E-state index contributed by atoms with van der Waals surface area (Å²) in [5.41, 5.74) is 0. The van der Waals surface area contributed by atoms with Crippen LogP contribution in [0.4, 0.5) is 0 Å². The lowest BCUT2D eigenvalue weighted by atomic mass is 10.1. The molecule has 0 fully saturated rings. The van der Waals surface area contributed by atoms with Crippen LogP contribution in [0.3, 0.4) is 0 Å². The zero-order chi connectivity index (χ0) is 14.8. The van der Waals surface area contributed by atoms with E-state index in [1.54, 1.807) is 0 Å². The van der Waals surface area contributed by atoms with E-state index in [1.807, 2.05) is 31.2 Å². The van der Waals surface area contributed by atoms with Crippen molar-refractivity contribution in [3.05, 3.63) is 24.3 Å². The lowest BCUT2D eigenvalue weighted by Gasteiger charge is -2.13. The van der Waals surface area contributed by atoms with Gasteiger partial charge in [-0.05, 0) is 37.1 Å². The van der Waals surface area contributed by atoms with Gasteiger partial charge in [0.1, 0.15) is 5.75 Å². The van der Waals surface area contributed by atoms with Gasteiger partial charge in [0.15, 0.2) is 0 Å². The number of carbonyl (C=O) groups is 1. The summed E-state index contributed by atoms with van der Waals surface area (Å²) in [7, 11) is 0. The Morgan fingerprint density at radius 1 is 1.15 bits per heavy atom.